The van der Waals surface area contributed by atoms with Crippen molar-refractivity contribution in [3.8, 4) is 11.5 Å². The van der Waals surface area contributed by atoms with Crippen molar-refractivity contribution in [1.29, 1.82) is 0 Å². The van der Waals surface area contributed by atoms with E-state index in [0.717, 1.165) is 30.6 Å². The summed E-state index contributed by atoms with van der Waals surface area (Å²) in [6.07, 6.45) is 2.40. The van der Waals surface area contributed by atoms with Crippen molar-refractivity contribution in [2.75, 3.05) is 19.7 Å². The van der Waals surface area contributed by atoms with Crippen LogP contribution in [0.25, 0.3) is 0 Å². The number of piperidine rings is 1. The average molecular weight is 346 g/mol. The number of hydrogen-bond donors (Lipinski definition) is 1. The molecule has 0 spiro atoms. The van der Waals surface area contributed by atoms with E-state index >= 15 is 0 Å². The number of carbonyl (C=O) groups is 2. The minimum atomic E-state index is -0.241. The molecular formula is C19H26N2O4. The molecule has 136 valence electrons. The molecule has 6 heteroatoms. The molecule has 6 nitrogen and oxygen atoms in total. The van der Waals surface area contributed by atoms with Gasteiger partial charge in [0.2, 0.25) is 5.91 Å². The summed E-state index contributed by atoms with van der Waals surface area (Å²) >= 11 is 0. The highest BCUT2D eigenvalue weighted by Gasteiger charge is 2.32. The Balaban J connectivity index is 1.50. The minimum Gasteiger partial charge on any atom is -0.483 e. The van der Waals surface area contributed by atoms with E-state index in [-0.39, 0.29) is 30.1 Å². The molecule has 0 radical (unpaired) electrons. The number of benzene rings is 1. The molecule has 1 aromatic carbocycles. The van der Waals surface area contributed by atoms with E-state index in [0.29, 0.717) is 18.8 Å². The number of nitrogens with zero attached hydrogens (tertiary/aromatic N) is 1. The van der Waals surface area contributed by atoms with Crippen molar-refractivity contribution in [2.45, 2.75) is 51.7 Å². The Morgan fingerprint density at radius 1 is 1.32 bits per heavy atom. The van der Waals surface area contributed by atoms with Crippen molar-refractivity contribution in [2.24, 2.45) is 0 Å². The Morgan fingerprint density at radius 3 is 2.72 bits per heavy atom. The molecule has 0 unspecified atom stereocenters. The van der Waals surface area contributed by atoms with Gasteiger partial charge in [0.05, 0.1) is 0 Å². The highest BCUT2D eigenvalue weighted by molar-refractivity contribution is 5.78. The van der Waals surface area contributed by atoms with Gasteiger partial charge in [-0.05, 0) is 32.8 Å². The predicted molar refractivity (Wildman–Crippen MR) is 93.8 cm³/mol. The predicted octanol–water partition coefficient (Wildman–Crippen LogP) is 1.91. The maximum Gasteiger partial charge on any atom is 0.258 e. The summed E-state index contributed by atoms with van der Waals surface area (Å²) < 4.78 is 11.7. The Kier molecular flexibility index (Phi) is 4.88. The van der Waals surface area contributed by atoms with Gasteiger partial charge in [-0.15, -0.1) is 0 Å². The van der Waals surface area contributed by atoms with E-state index in [4.69, 9.17) is 9.47 Å². The van der Waals surface area contributed by atoms with Crippen molar-refractivity contribution in [1.82, 2.24) is 10.2 Å². The lowest BCUT2D eigenvalue weighted by Crippen LogP contribution is -2.47. The summed E-state index contributed by atoms with van der Waals surface area (Å²) in [5, 5.41) is 2.99. The van der Waals surface area contributed by atoms with Crippen LogP contribution < -0.4 is 14.8 Å². The molecule has 1 saturated heterocycles. The fourth-order valence-corrected chi connectivity index (χ4v) is 3.45. The first kappa shape index (κ1) is 17.6. The molecule has 2 aliphatic rings. The van der Waals surface area contributed by atoms with Crippen LogP contribution in [0, 0.1) is 0 Å². The number of nitrogens with one attached hydrogen (secondary N) is 1. The van der Waals surface area contributed by atoms with Gasteiger partial charge >= 0.3 is 0 Å². The van der Waals surface area contributed by atoms with Gasteiger partial charge in [-0.1, -0.05) is 12.1 Å². The Bertz CT molecular complexity index is 663. The number of fused-ring (bicyclic) bond motifs is 1. The molecule has 0 saturated carbocycles. The minimum absolute atomic E-state index is 0.0346. The molecule has 0 aliphatic carbocycles. The third kappa shape index (κ3) is 4.24. The van der Waals surface area contributed by atoms with E-state index in [1.165, 1.54) is 0 Å². The largest absolute Gasteiger partial charge is 0.483 e. The zero-order valence-corrected chi connectivity index (χ0v) is 15.1. The third-order valence-corrected chi connectivity index (χ3v) is 4.72. The van der Waals surface area contributed by atoms with Crippen LogP contribution in [0.15, 0.2) is 18.2 Å². The number of para-hydroxylation sites is 1. The van der Waals surface area contributed by atoms with Gasteiger partial charge in [0.25, 0.3) is 5.91 Å². The van der Waals surface area contributed by atoms with Crippen LogP contribution >= 0.6 is 0 Å². The zero-order valence-electron chi connectivity index (χ0n) is 15.1. The van der Waals surface area contributed by atoms with Gasteiger partial charge in [0.15, 0.2) is 18.1 Å². The van der Waals surface area contributed by atoms with Crippen LogP contribution in [0.3, 0.4) is 0 Å². The fourth-order valence-electron chi connectivity index (χ4n) is 3.45. The van der Waals surface area contributed by atoms with Crippen molar-refractivity contribution >= 4 is 11.8 Å². The average Bonchev–Trinajstić information content (AvgIpc) is 2.87. The number of hydrogen-bond acceptors (Lipinski definition) is 4. The highest BCUT2D eigenvalue weighted by atomic mass is 16.5. The van der Waals surface area contributed by atoms with Gasteiger partial charge in [-0.2, -0.15) is 0 Å². The SMILES string of the molecule is CC(=O)N1CCC(NC(=O)COc2cccc3c2OC(C)(C)C3)CC1. The van der Waals surface area contributed by atoms with E-state index in [2.05, 4.69) is 5.32 Å². The third-order valence-electron chi connectivity index (χ3n) is 4.72. The molecule has 2 amide bonds. The summed E-state index contributed by atoms with van der Waals surface area (Å²) in [5.74, 6) is 1.31. The molecule has 25 heavy (non-hydrogen) atoms. The van der Waals surface area contributed by atoms with E-state index in [1.54, 1.807) is 6.92 Å². The highest BCUT2D eigenvalue weighted by Crippen LogP contribution is 2.41. The Morgan fingerprint density at radius 2 is 2.04 bits per heavy atom. The molecule has 3 rings (SSSR count). The van der Waals surface area contributed by atoms with Gasteiger partial charge in [-0.25, -0.2) is 0 Å². The Labute approximate surface area is 148 Å². The topological polar surface area (TPSA) is 67.9 Å². The fraction of sp³-hybridized carbons (Fsp3) is 0.579. The molecule has 2 heterocycles. The van der Waals surface area contributed by atoms with E-state index < -0.39 is 0 Å². The van der Waals surface area contributed by atoms with Gasteiger partial charge < -0.3 is 19.7 Å². The zero-order chi connectivity index (χ0) is 18.0. The second-order valence-corrected chi connectivity index (χ2v) is 7.42. The molecular weight excluding hydrogens is 320 g/mol. The molecule has 2 aliphatic heterocycles. The molecule has 1 N–H and O–H groups in total. The van der Waals surface area contributed by atoms with Crippen LogP contribution in [0.4, 0.5) is 0 Å². The molecule has 0 bridgehead atoms. The monoisotopic (exact) mass is 346 g/mol. The van der Waals surface area contributed by atoms with E-state index in [9.17, 15) is 9.59 Å². The summed E-state index contributed by atoms with van der Waals surface area (Å²) in [6, 6.07) is 5.89. The maximum atomic E-state index is 12.2. The summed E-state index contributed by atoms with van der Waals surface area (Å²) in [4.78, 5) is 25.3. The maximum absolute atomic E-state index is 12.2. The number of rotatable bonds is 4. The number of likely N-dealkylation sites (tertiary alicyclic amines) is 1. The van der Waals surface area contributed by atoms with Gasteiger partial charge in [0.1, 0.15) is 5.60 Å². The van der Waals surface area contributed by atoms with Crippen LogP contribution in [0.2, 0.25) is 0 Å². The number of ether oxygens (including phenoxy) is 2. The number of carbonyl (C=O) groups excluding carboxylic acids is 2. The lowest BCUT2D eigenvalue weighted by atomic mass is 10.0. The molecule has 1 fully saturated rings. The number of amides is 2. The summed E-state index contributed by atoms with van der Waals surface area (Å²) in [5.41, 5.74) is 0.869. The molecule has 0 atom stereocenters. The normalized spacial score (nSPS) is 19.1. The first-order chi connectivity index (χ1) is 11.8. The Hall–Kier alpha value is -2.24. The van der Waals surface area contributed by atoms with Crippen LogP contribution in [-0.4, -0.2) is 48.1 Å². The lowest BCUT2D eigenvalue weighted by molar-refractivity contribution is -0.130. The molecule has 1 aromatic rings. The first-order valence-electron chi connectivity index (χ1n) is 8.83. The molecule has 0 aromatic heterocycles. The standard InChI is InChI=1S/C19H26N2O4/c1-13(22)21-9-7-15(8-10-21)20-17(23)12-24-16-6-4-5-14-11-19(2,3)25-18(14)16/h4-6,15H,7-12H2,1-3H3,(H,20,23). The summed E-state index contributed by atoms with van der Waals surface area (Å²) in [6.45, 7) is 7.00. The second kappa shape index (κ2) is 6.94. The van der Waals surface area contributed by atoms with Crippen LogP contribution in [0.1, 0.15) is 39.2 Å². The van der Waals surface area contributed by atoms with Crippen molar-refractivity contribution in [3.05, 3.63) is 23.8 Å². The van der Waals surface area contributed by atoms with Crippen LogP contribution in [-0.2, 0) is 16.0 Å². The quantitative estimate of drug-likeness (QED) is 0.904. The van der Waals surface area contributed by atoms with Crippen molar-refractivity contribution < 1.29 is 19.1 Å². The second-order valence-electron chi connectivity index (χ2n) is 7.42. The first-order valence-corrected chi connectivity index (χ1v) is 8.83. The van der Waals surface area contributed by atoms with Gasteiger partial charge in [0, 0.05) is 38.0 Å². The van der Waals surface area contributed by atoms with Crippen molar-refractivity contribution in [3.63, 3.8) is 0 Å². The van der Waals surface area contributed by atoms with Gasteiger partial charge in [-0.3, -0.25) is 9.59 Å². The van der Waals surface area contributed by atoms with E-state index in [1.807, 2.05) is 36.9 Å². The lowest BCUT2D eigenvalue weighted by Gasteiger charge is -2.31. The smallest absolute Gasteiger partial charge is 0.258 e. The summed E-state index contributed by atoms with van der Waals surface area (Å²) in [7, 11) is 0. The van der Waals surface area contributed by atoms with Crippen LogP contribution in [0.5, 0.6) is 11.5 Å².